The van der Waals surface area contributed by atoms with Crippen LogP contribution in [0.5, 0.6) is 0 Å². The molecule has 5 rings (SSSR count). The van der Waals surface area contributed by atoms with Gasteiger partial charge in [-0.05, 0) is 66.9 Å². The van der Waals surface area contributed by atoms with Crippen LogP contribution in [0.2, 0.25) is 0 Å². The Hall–Kier alpha value is -3.47. The molecule has 2 aliphatic heterocycles. The second-order valence-corrected chi connectivity index (χ2v) is 9.66. The van der Waals surface area contributed by atoms with Crippen LogP contribution in [0, 0.1) is 6.92 Å². The molecule has 0 fully saturated rings. The fourth-order valence-electron chi connectivity index (χ4n) is 5.14. The summed E-state index contributed by atoms with van der Waals surface area (Å²) in [6.45, 7) is 9.35. The number of aliphatic imine (C=N–C) groups is 1. The van der Waals surface area contributed by atoms with Crippen LogP contribution in [-0.4, -0.2) is 29.6 Å². The highest BCUT2D eigenvalue weighted by molar-refractivity contribution is 6.15. The van der Waals surface area contributed by atoms with Gasteiger partial charge >= 0.3 is 0 Å². The van der Waals surface area contributed by atoms with Crippen molar-refractivity contribution in [3.8, 4) is 0 Å². The maximum absolute atomic E-state index is 13.2. The summed E-state index contributed by atoms with van der Waals surface area (Å²) >= 11 is 0. The topological polar surface area (TPSA) is 53.0 Å². The Labute approximate surface area is 194 Å². The Morgan fingerprint density at radius 3 is 2.48 bits per heavy atom. The zero-order chi connectivity index (χ0) is 23.3. The van der Waals surface area contributed by atoms with Gasteiger partial charge in [0, 0.05) is 30.8 Å². The standard InChI is InChI=1S/C28H29N3O2/c1-5-26-29-28(3,4)17-30(26)24-13-11-20(14-18(24)2)31-25-12-10-19-8-6-7-9-22(19)23(25)15-21(32)16-27(31)33/h6-14H,5,15-17H2,1-4H3. The molecule has 3 aromatic carbocycles. The molecular weight excluding hydrogens is 410 g/mol. The number of hydrogen-bond acceptors (Lipinski definition) is 4. The number of benzene rings is 3. The summed E-state index contributed by atoms with van der Waals surface area (Å²) < 4.78 is 0. The molecule has 0 aromatic heterocycles. The van der Waals surface area contributed by atoms with Crippen LogP contribution in [0.25, 0.3) is 10.8 Å². The zero-order valence-electron chi connectivity index (χ0n) is 19.7. The number of hydrogen-bond donors (Lipinski definition) is 0. The van der Waals surface area contributed by atoms with Gasteiger partial charge in [0.1, 0.15) is 11.6 Å². The molecule has 2 heterocycles. The van der Waals surface area contributed by atoms with E-state index in [4.69, 9.17) is 4.99 Å². The monoisotopic (exact) mass is 439 g/mol. The lowest BCUT2D eigenvalue weighted by Crippen LogP contribution is -2.32. The highest BCUT2D eigenvalue weighted by Gasteiger charge is 2.33. The van der Waals surface area contributed by atoms with Crippen LogP contribution in [0.3, 0.4) is 0 Å². The lowest BCUT2D eigenvalue weighted by Gasteiger charge is -2.27. The van der Waals surface area contributed by atoms with Gasteiger partial charge in [0.2, 0.25) is 5.91 Å². The molecule has 0 unspecified atom stereocenters. The van der Waals surface area contributed by atoms with E-state index in [0.717, 1.165) is 57.8 Å². The Morgan fingerprint density at radius 2 is 1.73 bits per heavy atom. The number of rotatable bonds is 3. The van der Waals surface area contributed by atoms with Crippen LogP contribution in [0.15, 0.2) is 59.6 Å². The van der Waals surface area contributed by atoms with E-state index >= 15 is 0 Å². The van der Waals surface area contributed by atoms with E-state index < -0.39 is 0 Å². The third-order valence-electron chi connectivity index (χ3n) is 6.56. The number of ketones is 1. The second-order valence-electron chi connectivity index (χ2n) is 9.66. The van der Waals surface area contributed by atoms with Gasteiger partial charge in [0.25, 0.3) is 0 Å². The van der Waals surface area contributed by atoms with Crippen LogP contribution in [0.4, 0.5) is 17.1 Å². The van der Waals surface area contributed by atoms with Crippen molar-refractivity contribution in [2.75, 3.05) is 16.3 Å². The van der Waals surface area contributed by atoms with E-state index in [9.17, 15) is 9.59 Å². The van der Waals surface area contributed by atoms with Gasteiger partial charge in [-0.3, -0.25) is 19.5 Å². The molecule has 168 valence electrons. The smallest absolute Gasteiger partial charge is 0.239 e. The number of aryl methyl sites for hydroxylation is 1. The van der Waals surface area contributed by atoms with Crippen molar-refractivity contribution in [3.63, 3.8) is 0 Å². The van der Waals surface area contributed by atoms with Gasteiger partial charge < -0.3 is 4.90 Å². The molecule has 0 N–H and O–H groups in total. The molecular formula is C28H29N3O2. The highest BCUT2D eigenvalue weighted by Crippen LogP contribution is 2.39. The fraction of sp³-hybridized carbons (Fsp3) is 0.321. The maximum atomic E-state index is 13.2. The average Bonchev–Trinajstić information content (AvgIpc) is 3.02. The number of carbonyl (C=O) groups is 2. The summed E-state index contributed by atoms with van der Waals surface area (Å²) in [5.74, 6) is 0.861. The van der Waals surface area contributed by atoms with E-state index in [1.54, 1.807) is 4.90 Å². The minimum absolute atomic E-state index is 0.0449. The number of anilines is 3. The molecule has 5 heteroatoms. The van der Waals surface area contributed by atoms with E-state index in [2.05, 4.69) is 44.7 Å². The number of carbonyl (C=O) groups excluding carboxylic acids is 2. The van der Waals surface area contributed by atoms with Gasteiger partial charge in [-0.1, -0.05) is 37.3 Å². The molecule has 2 aliphatic rings. The number of Topliss-reactive ketones (excluding diaryl/α,β-unsaturated/α-hetero) is 1. The minimum atomic E-state index is -0.181. The maximum Gasteiger partial charge on any atom is 0.239 e. The Bertz CT molecular complexity index is 1320. The fourth-order valence-corrected chi connectivity index (χ4v) is 5.14. The average molecular weight is 440 g/mol. The number of fused-ring (bicyclic) bond motifs is 3. The van der Waals surface area contributed by atoms with Crippen molar-refractivity contribution in [1.82, 2.24) is 0 Å². The first-order chi connectivity index (χ1) is 15.8. The number of amidine groups is 1. The predicted octanol–water partition coefficient (Wildman–Crippen LogP) is 5.74. The first-order valence-corrected chi connectivity index (χ1v) is 11.6. The predicted molar refractivity (Wildman–Crippen MR) is 135 cm³/mol. The number of amides is 1. The molecule has 0 spiro atoms. The molecule has 0 aliphatic carbocycles. The Balaban J connectivity index is 1.61. The number of nitrogens with zero attached hydrogens (tertiary/aromatic N) is 3. The molecule has 0 radical (unpaired) electrons. The summed E-state index contributed by atoms with van der Waals surface area (Å²) in [7, 11) is 0. The normalized spacial score (nSPS) is 17.9. The molecule has 1 amide bonds. The molecule has 5 nitrogen and oxygen atoms in total. The van der Waals surface area contributed by atoms with Crippen molar-refractivity contribution in [3.05, 3.63) is 65.7 Å². The largest absolute Gasteiger partial charge is 0.327 e. The third kappa shape index (κ3) is 3.71. The van der Waals surface area contributed by atoms with Gasteiger partial charge in [0.15, 0.2) is 0 Å². The molecule has 3 aromatic rings. The second kappa shape index (κ2) is 7.84. The first-order valence-electron chi connectivity index (χ1n) is 11.6. The van der Waals surface area contributed by atoms with Gasteiger partial charge in [-0.2, -0.15) is 0 Å². The van der Waals surface area contributed by atoms with E-state index in [0.29, 0.717) is 0 Å². The van der Waals surface area contributed by atoms with Gasteiger partial charge in [-0.15, -0.1) is 0 Å². The van der Waals surface area contributed by atoms with E-state index in [1.807, 2.05) is 42.5 Å². The van der Waals surface area contributed by atoms with Crippen LogP contribution < -0.4 is 9.80 Å². The van der Waals surface area contributed by atoms with Crippen molar-refractivity contribution < 1.29 is 9.59 Å². The minimum Gasteiger partial charge on any atom is -0.327 e. The summed E-state index contributed by atoms with van der Waals surface area (Å²) in [6, 6.07) is 18.2. The van der Waals surface area contributed by atoms with Crippen LogP contribution >= 0.6 is 0 Å². The van der Waals surface area contributed by atoms with Crippen LogP contribution in [0.1, 0.15) is 44.7 Å². The van der Waals surface area contributed by atoms with E-state index in [-0.39, 0.29) is 30.1 Å². The lowest BCUT2D eigenvalue weighted by molar-refractivity contribution is -0.125. The van der Waals surface area contributed by atoms with Gasteiger partial charge in [0.05, 0.1) is 17.6 Å². The van der Waals surface area contributed by atoms with Crippen molar-refractivity contribution in [2.45, 2.75) is 52.5 Å². The Kier molecular flexibility index (Phi) is 5.08. The first kappa shape index (κ1) is 21.4. The summed E-state index contributed by atoms with van der Waals surface area (Å²) in [6.07, 6.45) is 1.06. The summed E-state index contributed by atoms with van der Waals surface area (Å²) in [5.41, 5.74) is 4.60. The molecule has 0 atom stereocenters. The SMILES string of the molecule is CCC1=NC(C)(C)CN1c1ccc(N2C(=O)CC(=O)Cc3c2ccc2ccccc32)cc1C. The van der Waals surface area contributed by atoms with Crippen LogP contribution in [-0.2, 0) is 16.0 Å². The summed E-state index contributed by atoms with van der Waals surface area (Å²) in [4.78, 5) is 34.8. The Morgan fingerprint density at radius 1 is 0.970 bits per heavy atom. The molecule has 0 bridgehead atoms. The highest BCUT2D eigenvalue weighted by atomic mass is 16.2. The van der Waals surface area contributed by atoms with Gasteiger partial charge in [-0.25, -0.2) is 0 Å². The van der Waals surface area contributed by atoms with E-state index in [1.165, 1.54) is 0 Å². The van der Waals surface area contributed by atoms with Crippen molar-refractivity contribution in [2.24, 2.45) is 4.99 Å². The third-order valence-corrected chi connectivity index (χ3v) is 6.56. The molecule has 0 saturated heterocycles. The van der Waals surface area contributed by atoms with Crippen molar-refractivity contribution >= 4 is 45.4 Å². The lowest BCUT2D eigenvalue weighted by atomic mass is 9.98. The summed E-state index contributed by atoms with van der Waals surface area (Å²) in [5, 5.41) is 2.10. The zero-order valence-corrected chi connectivity index (χ0v) is 19.7. The van der Waals surface area contributed by atoms with Crippen molar-refractivity contribution in [1.29, 1.82) is 0 Å². The molecule has 0 saturated carbocycles. The quantitative estimate of drug-likeness (QED) is 0.489. The molecule has 33 heavy (non-hydrogen) atoms.